The fourth-order valence-corrected chi connectivity index (χ4v) is 2.20. The van der Waals surface area contributed by atoms with Crippen molar-refractivity contribution in [2.24, 2.45) is 0 Å². The van der Waals surface area contributed by atoms with Crippen molar-refractivity contribution in [2.45, 2.75) is 26.2 Å². The summed E-state index contributed by atoms with van der Waals surface area (Å²) in [7, 11) is 0. The maximum absolute atomic E-state index is 12.6. The Kier molecular flexibility index (Phi) is 4.31. The van der Waals surface area contributed by atoms with Crippen LogP contribution in [0.15, 0.2) is 48.5 Å². The molecule has 4 heteroatoms. The van der Waals surface area contributed by atoms with Gasteiger partial charge in [-0.05, 0) is 50.1 Å². The number of hydrogen-bond acceptors (Lipinski definition) is 2. The number of anilines is 1. The third-order valence-corrected chi connectivity index (χ3v) is 3.78. The van der Waals surface area contributed by atoms with Crippen molar-refractivity contribution >= 4 is 17.6 Å². The molecule has 0 bridgehead atoms. The van der Waals surface area contributed by atoms with E-state index in [0.717, 1.165) is 11.1 Å². The van der Waals surface area contributed by atoms with Gasteiger partial charge in [0.2, 0.25) is 5.91 Å². The molecule has 2 aromatic rings. The van der Waals surface area contributed by atoms with E-state index in [4.69, 9.17) is 5.11 Å². The Hall–Kier alpha value is -2.62. The summed E-state index contributed by atoms with van der Waals surface area (Å²) < 4.78 is 0. The summed E-state index contributed by atoms with van der Waals surface area (Å²) in [5.74, 6) is -1.12. The molecule has 0 saturated carbocycles. The number of hydrogen-bond donors (Lipinski definition) is 2. The van der Waals surface area contributed by atoms with Crippen LogP contribution in [0.5, 0.6) is 0 Å². The molecule has 0 aliphatic rings. The number of aromatic carboxylic acids is 1. The van der Waals surface area contributed by atoms with Crippen molar-refractivity contribution in [3.8, 4) is 0 Å². The van der Waals surface area contributed by atoms with Gasteiger partial charge in [0.05, 0.1) is 11.0 Å². The van der Waals surface area contributed by atoms with Crippen molar-refractivity contribution in [3.05, 3.63) is 65.2 Å². The van der Waals surface area contributed by atoms with E-state index in [2.05, 4.69) is 5.32 Å². The zero-order valence-electron chi connectivity index (χ0n) is 12.9. The second-order valence-corrected chi connectivity index (χ2v) is 5.78. The molecule has 0 saturated heterocycles. The molecule has 0 aliphatic carbocycles. The number of amides is 1. The van der Waals surface area contributed by atoms with E-state index in [1.54, 1.807) is 19.1 Å². The topological polar surface area (TPSA) is 66.4 Å². The van der Waals surface area contributed by atoms with Crippen LogP contribution in [0.1, 0.15) is 35.3 Å². The van der Waals surface area contributed by atoms with Crippen LogP contribution >= 0.6 is 0 Å². The summed E-state index contributed by atoms with van der Waals surface area (Å²) in [4.78, 5) is 23.5. The van der Waals surface area contributed by atoms with Crippen molar-refractivity contribution in [1.29, 1.82) is 0 Å². The van der Waals surface area contributed by atoms with Gasteiger partial charge in [0, 0.05) is 5.69 Å². The molecule has 22 heavy (non-hydrogen) atoms. The number of benzene rings is 2. The highest BCUT2D eigenvalue weighted by atomic mass is 16.4. The van der Waals surface area contributed by atoms with Crippen molar-refractivity contribution in [2.75, 3.05) is 5.32 Å². The molecule has 2 aromatic carbocycles. The molecule has 2 rings (SSSR count). The van der Waals surface area contributed by atoms with E-state index in [0.29, 0.717) is 5.69 Å². The minimum atomic E-state index is -0.981. The molecule has 0 radical (unpaired) electrons. The third-order valence-electron chi connectivity index (χ3n) is 3.78. The largest absolute Gasteiger partial charge is 0.478 e. The van der Waals surface area contributed by atoms with Crippen molar-refractivity contribution < 1.29 is 14.7 Å². The Morgan fingerprint density at radius 1 is 1.05 bits per heavy atom. The van der Waals surface area contributed by atoms with E-state index in [-0.39, 0.29) is 11.5 Å². The first kappa shape index (κ1) is 15.8. The van der Waals surface area contributed by atoms with Crippen LogP contribution in [-0.2, 0) is 10.2 Å². The summed E-state index contributed by atoms with van der Waals surface area (Å²) in [5, 5.41) is 11.9. The smallest absolute Gasteiger partial charge is 0.335 e. The highest BCUT2D eigenvalue weighted by Crippen LogP contribution is 2.26. The normalized spacial score (nSPS) is 11.0. The van der Waals surface area contributed by atoms with Gasteiger partial charge in [0.25, 0.3) is 0 Å². The van der Waals surface area contributed by atoms with E-state index >= 15 is 0 Å². The number of rotatable bonds is 4. The Balaban J connectivity index is 2.24. The van der Waals surface area contributed by atoms with E-state index in [1.807, 2.05) is 44.2 Å². The van der Waals surface area contributed by atoms with Crippen LogP contribution in [-0.4, -0.2) is 17.0 Å². The molecule has 0 spiro atoms. The molecule has 0 unspecified atom stereocenters. The minimum Gasteiger partial charge on any atom is -0.478 e. The van der Waals surface area contributed by atoms with Crippen LogP contribution in [0.25, 0.3) is 0 Å². The molecular weight excluding hydrogens is 278 g/mol. The lowest BCUT2D eigenvalue weighted by molar-refractivity contribution is -0.120. The first-order valence-electron chi connectivity index (χ1n) is 7.03. The molecule has 0 heterocycles. The lowest BCUT2D eigenvalue weighted by atomic mass is 9.83. The first-order valence-corrected chi connectivity index (χ1v) is 7.03. The van der Waals surface area contributed by atoms with Gasteiger partial charge in [-0.2, -0.15) is 0 Å². The van der Waals surface area contributed by atoms with Crippen LogP contribution in [0, 0.1) is 6.92 Å². The molecule has 0 atom stereocenters. The second kappa shape index (κ2) is 6.02. The number of nitrogens with one attached hydrogen (secondary N) is 1. The van der Waals surface area contributed by atoms with Gasteiger partial charge < -0.3 is 10.4 Å². The molecular formula is C18H19NO3. The van der Waals surface area contributed by atoms with E-state index < -0.39 is 11.4 Å². The lowest BCUT2D eigenvalue weighted by Crippen LogP contribution is -2.34. The molecule has 0 fully saturated rings. The number of carbonyl (C=O) groups is 2. The van der Waals surface area contributed by atoms with E-state index in [1.165, 1.54) is 6.07 Å². The Labute approximate surface area is 129 Å². The van der Waals surface area contributed by atoms with Gasteiger partial charge in [-0.3, -0.25) is 4.79 Å². The van der Waals surface area contributed by atoms with E-state index in [9.17, 15) is 9.59 Å². The second-order valence-electron chi connectivity index (χ2n) is 5.78. The number of carboxylic acid groups (broad SMARTS) is 1. The first-order chi connectivity index (χ1) is 10.3. The molecule has 2 N–H and O–H groups in total. The highest BCUT2D eigenvalue weighted by Gasteiger charge is 2.29. The number of carbonyl (C=O) groups excluding carboxylic acids is 1. The summed E-state index contributed by atoms with van der Waals surface area (Å²) in [6.07, 6.45) is 0. The summed E-state index contributed by atoms with van der Waals surface area (Å²) in [5.41, 5.74) is 1.79. The lowest BCUT2D eigenvalue weighted by Gasteiger charge is -2.24. The average Bonchev–Trinajstić information content (AvgIpc) is 2.49. The summed E-state index contributed by atoms with van der Waals surface area (Å²) in [6, 6.07) is 14.2. The molecule has 1 amide bonds. The van der Waals surface area contributed by atoms with Gasteiger partial charge >= 0.3 is 5.97 Å². The summed E-state index contributed by atoms with van der Waals surface area (Å²) in [6.45, 7) is 5.49. The summed E-state index contributed by atoms with van der Waals surface area (Å²) >= 11 is 0. The highest BCUT2D eigenvalue weighted by molar-refractivity contribution is 5.99. The standard InChI is InChI=1S/C18H19NO3/c1-12-11-13(16(20)21)9-10-15(12)19-17(22)18(2,3)14-7-5-4-6-8-14/h4-11H,1-3H3,(H,19,22)(H,20,21). The van der Waals surface area contributed by atoms with Crippen LogP contribution in [0.2, 0.25) is 0 Å². The zero-order valence-corrected chi connectivity index (χ0v) is 12.9. The Bertz CT molecular complexity index is 706. The maximum Gasteiger partial charge on any atom is 0.335 e. The van der Waals surface area contributed by atoms with Crippen LogP contribution in [0.4, 0.5) is 5.69 Å². The quantitative estimate of drug-likeness (QED) is 0.906. The zero-order chi connectivity index (χ0) is 16.3. The third kappa shape index (κ3) is 3.17. The minimum absolute atomic E-state index is 0.134. The fourth-order valence-electron chi connectivity index (χ4n) is 2.20. The van der Waals surface area contributed by atoms with Crippen LogP contribution in [0.3, 0.4) is 0 Å². The van der Waals surface area contributed by atoms with Gasteiger partial charge in [0.15, 0.2) is 0 Å². The van der Waals surface area contributed by atoms with Gasteiger partial charge in [0.1, 0.15) is 0 Å². The van der Waals surface area contributed by atoms with Gasteiger partial charge in [-0.25, -0.2) is 4.79 Å². The SMILES string of the molecule is Cc1cc(C(=O)O)ccc1NC(=O)C(C)(C)c1ccccc1. The Morgan fingerprint density at radius 2 is 1.68 bits per heavy atom. The number of carboxylic acids is 1. The predicted octanol–water partition coefficient (Wildman–Crippen LogP) is 3.61. The number of aryl methyl sites for hydroxylation is 1. The van der Waals surface area contributed by atoms with Crippen molar-refractivity contribution in [3.63, 3.8) is 0 Å². The molecule has 114 valence electrons. The van der Waals surface area contributed by atoms with Gasteiger partial charge in [-0.1, -0.05) is 30.3 Å². The Morgan fingerprint density at radius 3 is 2.23 bits per heavy atom. The van der Waals surface area contributed by atoms with Crippen LogP contribution < -0.4 is 5.32 Å². The molecule has 0 aliphatic heterocycles. The molecule has 4 nitrogen and oxygen atoms in total. The fraction of sp³-hybridized carbons (Fsp3) is 0.222. The maximum atomic E-state index is 12.6. The molecule has 0 aromatic heterocycles. The van der Waals surface area contributed by atoms with Crippen molar-refractivity contribution in [1.82, 2.24) is 0 Å². The predicted molar refractivity (Wildman–Crippen MR) is 86.2 cm³/mol. The monoisotopic (exact) mass is 297 g/mol. The average molecular weight is 297 g/mol. The van der Waals surface area contributed by atoms with Gasteiger partial charge in [-0.15, -0.1) is 0 Å².